The summed E-state index contributed by atoms with van der Waals surface area (Å²) < 4.78 is 39.2. The minimum Gasteiger partial charge on any atom is -0.293 e. The topological polar surface area (TPSA) is 47.8 Å². The predicted octanol–water partition coefficient (Wildman–Crippen LogP) is 2.92. The molecule has 0 saturated heterocycles. The molecule has 0 unspecified atom stereocenters. The van der Waals surface area contributed by atoms with E-state index in [0.29, 0.717) is 5.69 Å². The Kier molecular flexibility index (Phi) is 3.25. The Hall–Kier alpha value is -2.22. The summed E-state index contributed by atoms with van der Waals surface area (Å²) in [6, 6.07) is 2.92. The third-order valence-electron chi connectivity index (χ3n) is 2.97. The van der Waals surface area contributed by atoms with Gasteiger partial charge in [0, 0.05) is 5.38 Å². The van der Waals surface area contributed by atoms with Gasteiger partial charge in [-0.15, -0.1) is 11.3 Å². The fourth-order valence-corrected chi connectivity index (χ4v) is 2.49. The van der Waals surface area contributed by atoms with Gasteiger partial charge in [-0.1, -0.05) is 0 Å². The lowest BCUT2D eigenvalue weighted by Gasteiger charge is -2.08. The normalized spacial score (nSPS) is 12.0. The van der Waals surface area contributed by atoms with Crippen molar-refractivity contribution in [3.8, 4) is 0 Å². The first-order chi connectivity index (χ1) is 9.95. The maximum atomic E-state index is 12.6. The lowest BCUT2D eigenvalue weighted by atomic mass is 10.1. The first kappa shape index (κ1) is 13.7. The largest absolute Gasteiger partial charge is 0.416 e. The molecule has 108 valence electrons. The summed E-state index contributed by atoms with van der Waals surface area (Å²) >= 11 is 1.40. The number of rotatable bonds is 2. The smallest absolute Gasteiger partial charge is 0.293 e. The van der Waals surface area contributed by atoms with Crippen molar-refractivity contribution in [1.82, 2.24) is 14.5 Å². The number of halogens is 3. The van der Waals surface area contributed by atoms with Crippen molar-refractivity contribution in [3.63, 3.8) is 0 Å². The quantitative estimate of drug-likeness (QED) is 0.731. The summed E-state index contributed by atoms with van der Waals surface area (Å²) in [5.74, 6) is 0. The van der Waals surface area contributed by atoms with Gasteiger partial charge in [0.15, 0.2) is 0 Å². The highest BCUT2D eigenvalue weighted by molar-refractivity contribution is 7.07. The number of benzene rings is 1. The van der Waals surface area contributed by atoms with Crippen molar-refractivity contribution in [2.24, 2.45) is 0 Å². The van der Waals surface area contributed by atoms with Crippen LogP contribution in [0.25, 0.3) is 10.9 Å². The van der Waals surface area contributed by atoms with Gasteiger partial charge in [-0.3, -0.25) is 9.36 Å². The molecule has 0 radical (unpaired) electrons. The van der Waals surface area contributed by atoms with E-state index in [0.717, 1.165) is 18.2 Å². The van der Waals surface area contributed by atoms with Crippen LogP contribution in [0.3, 0.4) is 0 Å². The Morgan fingerprint density at radius 3 is 2.71 bits per heavy atom. The van der Waals surface area contributed by atoms with Crippen LogP contribution in [0.15, 0.2) is 40.2 Å². The van der Waals surface area contributed by atoms with E-state index in [4.69, 9.17) is 0 Å². The second-order valence-electron chi connectivity index (χ2n) is 4.39. The molecule has 0 aliphatic heterocycles. The summed E-state index contributed by atoms with van der Waals surface area (Å²) in [4.78, 5) is 20.2. The molecule has 0 saturated carbocycles. The van der Waals surface area contributed by atoms with Crippen molar-refractivity contribution in [2.75, 3.05) is 0 Å². The minimum absolute atomic E-state index is 0.0318. The van der Waals surface area contributed by atoms with E-state index < -0.39 is 11.7 Å². The van der Waals surface area contributed by atoms with Crippen LogP contribution in [0.2, 0.25) is 0 Å². The summed E-state index contributed by atoms with van der Waals surface area (Å²) in [5, 5.41) is 1.95. The predicted molar refractivity (Wildman–Crippen MR) is 72.2 cm³/mol. The summed E-state index contributed by atoms with van der Waals surface area (Å²) in [5.41, 5.74) is 1.17. The SMILES string of the molecule is O=c1c2ccc(C(F)(F)F)cc2ncn1Cc1cscn1. The van der Waals surface area contributed by atoms with Crippen LogP contribution in [0, 0.1) is 0 Å². The van der Waals surface area contributed by atoms with Crippen molar-refractivity contribution in [1.29, 1.82) is 0 Å². The van der Waals surface area contributed by atoms with Crippen molar-refractivity contribution >= 4 is 22.2 Å². The van der Waals surface area contributed by atoms with E-state index in [1.54, 1.807) is 10.9 Å². The summed E-state index contributed by atoms with van der Waals surface area (Å²) in [6.45, 7) is 0.242. The van der Waals surface area contributed by atoms with E-state index in [1.807, 2.05) is 0 Å². The van der Waals surface area contributed by atoms with Gasteiger partial charge in [-0.2, -0.15) is 13.2 Å². The molecule has 0 N–H and O–H groups in total. The molecule has 0 spiro atoms. The van der Waals surface area contributed by atoms with Gasteiger partial charge < -0.3 is 0 Å². The van der Waals surface area contributed by atoms with Crippen LogP contribution in [-0.2, 0) is 12.7 Å². The molecule has 0 aliphatic carbocycles. The van der Waals surface area contributed by atoms with Gasteiger partial charge in [0.2, 0.25) is 0 Å². The Bertz CT molecular complexity index is 840. The first-order valence-corrected chi connectivity index (χ1v) is 6.83. The van der Waals surface area contributed by atoms with Crippen LogP contribution in [0.1, 0.15) is 11.3 Å². The van der Waals surface area contributed by atoms with Crippen LogP contribution in [-0.4, -0.2) is 14.5 Å². The molecule has 0 atom stereocenters. The van der Waals surface area contributed by atoms with E-state index in [2.05, 4.69) is 9.97 Å². The molecule has 0 amide bonds. The van der Waals surface area contributed by atoms with Crippen molar-refractivity contribution < 1.29 is 13.2 Å². The van der Waals surface area contributed by atoms with Gasteiger partial charge in [-0.05, 0) is 18.2 Å². The maximum absolute atomic E-state index is 12.6. The molecule has 2 heterocycles. The molecule has 8 heteroatoms. The van der Waals surface area contributed by atoms with Crippen LogP contribution < -0.4 is 5.56 Å². The average Bonchev–Trinajstić information content (AvgIpc) is 2.93. The van der Waals surface area contributed by atoms with Crippen LogP contribution >= 0.6 is 11.3 Å². The third-order valence-corrected chi connectivity index (χ3v) is 3.60. The van der Waals surface area contributed by atoms with Gasteiger partial charge >= 0.3 is 6.18 Å². The van der Waals surface area contributed by atoms with E-state index in [-0.39, 0.29) is 23.0 Å². The molecular weight excluding hydrogens is 303 g/mol. The van der Waals surface area contributed by atoms with Crippen molar-refractivity contribution in [3.05, 3.63) is 57.0 Å². The molecule has 4 nitrogen and oxygen atoms in total. The second kappa shape index (κ2) is 4.96. The van der Waals surface area contributed by atoms with E-state index in [1.165, 1.54) is 22.2 Å². The molecule has 21 heavy (non-hydrogen) atoms. The lowest BCUT2D eigenvalue weighted by molar-refractivity contribution is -0.137. The zero-order valence-electron chi connectivity index (χ0n) is 10.5. The van der Waals surface area contributed by atoms with Gasteiger partial charge in [0.05, 0.1) is 40.5 Å². The molecule has 3 aromatic rings. The molecule has 1 aromatic carbocycles. The highest BCUT2D eigenvalue weighted by atomic mass is 32.1. The van der Waals surface area contributed by atoms with E-state index >= 15 is 0 Å². The van der Waals surface area contributed by atoms with Gasteiger partial charge in [-0.25, -0.2) is 9.97 Å². The van der Waals surface area contributed by atoms with Crippen LogP contribution in [0.5, 0.6) is 0 Å². The number of hydrogen-bond acceptors (Lipinski definition) is 4. The number of aromatic nitrogens is 3. The third kappa shape index (κ3) is 2.66. The Morgan fingerprint density at radius 1 is 1.24 bits per heavy atom. The molecule has 0 aliphatic rings. The molecule has 2 aromatic heterocycles. The monoisotopic (exact) mass is 311 g/mol. The fourth-order valence-electron chi connectivity index (χ4n) is 1.94. The first-order valence-electron chi connectivity index (χ1n) is 5.88. The van der Waals surface area contributed by atoms with Crippen molar-refractivity contribution in [2.45, 2.75) is 12.7 Å². The molecule has 0 fully saturated rings. The maximum Gasteiger partial charge on any atom is 0.416 e. The molecule has 3 rings (SSSR count). The Morgan fingerprint density at radius 2 is 2.05 bits per heavy atom. The minimum atomic E-state index is -4.45. The van der Waals surface area contributed by atoms with Gasteiger partial charge in [0.25, 0.3) is 5.56 Å². The Balaban J connectivity index is 2.07. The zero-order valence-corrected chi connectivity index (χ0v) is 11.3. The Labute approximate surface area is 120 Å². The summed E-state index contributed by atoms with van der Waals surface area (Å²) in [7, 11) is 0. The highest BCUT2D eigenvalue weighted by Crippen LogP contribution is 2.30. The number of thiazole rings is 1. The van der Waals surface area contributed by atoms with Crippen LogP contribution in [0.4, 0.5) is 13.2 Å². The van der Waals surface area contributed by atoms with Gasteiger partial charge in [0.1, 0.15) is 0 Å². The number of fused-ring (bicyclic) bond motifs is 1. The number of nitrogens with zero attached hydrogens (tertiary/aromatic N) is 3. The fraction of sp³-hybridized carbons (Fsp3) is 0.154. The molecular formula is C13H8F3N3OS. The van der Waals surface area contributed by atoms with E-state index in [9.17, 15) is 18.0 Å². The summed E-state index contributed by atoms with van der Waals surface area (Å²) in [6.07, 6.45) is -3.21. The number of alkyl halides is 3. The lowest BCUT2D eigenvalue weighted by Crippen LogP contribution is -2.21. The number of hydrogen-bond donors (Lipinski definition) is 0. The highest BCUT2D eigenvalue weighted by Gasteiger charge is 2.30. The zero-order chi connectivity index (χ0) is 15.0. The molecule has 0 bridgehead atoms. The second-order valence-corrected chi connectivity index (χ2v) is 5.11. The standard InChI is InChI=1S/C13H8F3N3OS/c14-13(15,16)8-1-2-10-11(3-8)17-6-19(12(10)20)4-9-5-21-7-18-9/h1-3,5-7H,4H2. The average molecular weight is 311 g/mol.